The Labute approximate surface area is 95.8 Å². The third kappa shape index (κ3) is 2.51. The van der Waals surface area contributed by atoms with Gasteiger partial charge in [0.15, 0.2) is 0 Å². The van der Waals surface area contributed by atoms with Gasteiger partial charge in [0.1, 0.15) is 6.23 Å². The third-order valence-electron chi connectivity index (χ3n) is 2.76. The normalized spacial score (nSPS) is 22.9. The van der Waals surface area contributed by atoms with Crippen LogP contribution in [0, 0.1) is 0 Å². The zero-order valence-electron chi connectivity index (χ0n) is 8.95. The highest BCUT2D eigenvalue weighted by Crippen LogP contribution is 2.26. The lowest BCUT2D eigenvalue weighted by molar-refractivity contribution is -0.0959. The molecule has 0 bridgehead atoms. The van der Waals surface area contributed by atoms with Crippen LogP contribution in [0.25, 0.3) is 0 Å². The van der Waals surface area contributed by atoms with Gasteiger partial charge in [0, 0.05) is 11.6 Å². The van der Waals surface area contributed by atoms with Crippen LogP contribution in [0.3, 0.4) is 0 Å². The molecule has 0 radical (unpaired) electrons. The van der Waals surface area contributed by atoms with Crippen LogP contribution < -0.4 is 0 Å². The highest BCUT2D eigenvalue weighted by Gasteiger charge is 2.22. The number of hydrogen-bond acceptors (Lipinski definition) is 2. The lowest BCUT2D eigenvalue weighted by atomic mass is 10.1. The third-order valence-corrected chi connectivity index (χ3v) is 3.01. The molecule has 0 N–H and O–H groups in total. The Hall–Kier alpha value is -0.570. The maximum absolute atomic E-state index is 5.87. The maximum Gasteiger partial charge on any atom is 0.136 e. The number of nitrogens with zero attached hydrogens (tertiary/aromatic N) is 1. The molecule has 1 aromatic rings. The molecule has 15 heavy (non-hydrogen) atoms. The molecule has 3 heteroatoms. The molecule has 0 spiro atoms. The summed E-state index contributed by atoms with van der Waals surface area (Å²) in [5, 5.41) is 0.776. The zero-order valence-corrected chi connectivity index (χ0v) is 9.70. The van der Waals surface area contributed by atoms with E-state index in [0.717, 1.165) is 31.1 Å². The Balaban J connectivity index is 2.16. The van der Waals surface area contributed by atoms with Gasteiger partial charge >= 0.3 is 0 Å². The average molecular weight is 226 g/mol. The fourth-order valence-electron chi connectivity index (χ4n) is 1.94. The van der Waals surface area contributed by atoms with Crippen LogP contribution in [0.15, 0.2) is 24.3 Å². The average Bonchev–Trinajstić information content (AvgIpc) is 2.30. The van der Waals surface area contributed by atoms with Crippen molar-refractivity contribution < 1.29 is 4.74 Å². The molecular formula is C12H16ClNO. The first-order valence-corrected chi connectivity index (χ1v) is 5.80. The van der Waals surface area contributed by atoms with Crippen molar-refractivity contribution >= 4 is 11.6 Å². The Kier molecular flexibility index (Phi) is 3.62. The smallest absolute Gasteiger partial charge is 0.136 e. The van der Waals surface area contributed by atoms with E-state index < -0.39 is 0 Å². The second-order valence-electron chi connectivity index (χ2n) is 3.76. The Morgan fingerprint density at radius 2 is 2.13 bits per heavy atom. The van der Waals surface area contributed by atoms with E-state index in [-0.39, 0.29) is 6.23 Å². The number of rotatable bonds is 2. The fraction of sp³-hybridized carbons (Fsp3) is 0.500. The second kappa shape index (κ2) is 4.97. The Morgan fingerprint density at radius 3 is 2.80 bits per heavy atom. The molecule has 82 valence electrons. The number of ether oxygens (including phenoxy) is 1. The summed E-state index contributed by atoms with van der Waals surface area (Å²) in [7, 11) is 0. The van der Waals surface area contributed by atoms with Crippen molar-refractivity contribution in [3.63, 3.8) is 0 Å². The van der Waals surface area contributed by atoms with Crippen LogP contribution in [0.5, 0.6) is 0 Å². The van der Waals surface area contributed by atoms with Crippen LogP contribution >= 0.6 is 11.6 Å². The molecular weight excluding hydrogens is 210 g/mol. The van der Waals surface area contributed by atoms with E-state index in [9.17, 15) is 0 Å². The lowest BCUT2D eigenvalue weighted by Crippen LogP contribution is -2.36. The molecule has 1 aliphatic rings. The van der Waals surface area contributed by atoms with Gasteiger partial charge in [-0.25, -0.2) is 0 Å². The van der Waals surface area contributed by atoms with E-state index in [1.165, 1.54) is 5.56 Å². The molecule has 0 saturated carbocycles. The first-order valence-electron chi connectivity index (χ1n) is 5.42. The van der Waals surface area contributed by atoms with Gasteiger partial charge < -0.3 is 4.74 Å². The Morgan fingerprint density at radius 1 is 1.40 bits per heavy atom. The largest absolute Gasteiger partial charge is 0.359 e. The van der Waals surface area contributed by atoms with Gasteiger partial charge in [-0.1, -0.05) is 30.7 Å². The first kappa shape index (κ1) is 10.9. The maximum atomic E-state index is 5.87. The molecule has 1 heterocycles. The zero-order chi connectivity index (χ0) is 10.7. The van der Waals surface area contributed by atoms with Gasteiger partial charge in [-0.05, 0) is 30.7 Å². The second-order valence-corrected chi connectivity index (χ2v) is 4.19. The molecule has 1 fully saturated rings. The molecule has 0 aromatic heterocycles. The molecule has 1 aliphatic heterocycles. The topological polar surface area (TPSA) is 12.5 Å². The van der Waals surface area contributed by atoms with Crippen LogP contribution in [-0.4, -0.2) is 24.6 Å². The summed E-state index contributed by atoms with van der Waals surface area (Å²) >= 11 is 5.87. The first-order chi connectivity index (χ1) is 7.31. The summed E-state index contributed by atoms with van der Waals surface area (Å²) in [6.45, 7) is 5.15. The molecule has 0 amide bonds. The van der Waals surface area contributed by atoms with Gasteiger partial charge in [-0.15, -0.1) is 0 Å². The van der Waals surface area contributed by atoms with Crippen molar-refractivity contribution in [1.82, 2.24) is 4.90 Å². The highest BCUT2D eigenvalue weighted by molar-refractivity contribution is 6.30. The monoisotopic (exact) mass is 225 g/mol. The van der Waals surface area contributed by atoms with Crippen molar-refractivity contribution in [1.29, 1.82) is 0 Å². The van der Waals surface area contributed by atoms with Crippen molar-refractivity contribution in [2.45, 2.75) is 19.6 Å². The van der Waals surface area contributed by atoms with E-state index in [0.29, 0.717) is 0 Å². The number of benzene rings is 1. The number of halogens is 1. The van der Waals surface area contributed by atoms with Crippen LogP contribution in [-0.2, 0) is 4.74 Å². The predicted octanol–water partition coefficient (Wildman–Crippen LogP) is 3.08. The van der Waals surface area contributed by atoms with Crippen LogP contribution in [0.4, 0.5) is 0 Å². The van der Waals surface area contributed by atoms with E-state index in [4.69, 9.17) is 16.3 Å². The van der Waals surface area contributed by atoms with Crippen LogP contribution in [0.2, 0.25) is 5.02 Å². The fourth-order valence-corrected chi connectivity index (χ4v) is 2.07. The van der Waals surface area contributed by atoms with Gasteiger partial charge in [0.05, 0.1) is 6.61 Å². The minimum absolute atomic E-state index is 0.112. The molecule has 2 nitrogen and oxygen atoms in total. The van der Waals surface area contributed by atoms with E-state index >= 15 is 0 Å². The summed E-state index contributed by atoms with van der Waals surface area (Å²) in [6, 6.07) is 7.92. The molecule has 2 rings (SSSR count). The molecule has 0 aliphatic carbocycles. The van der Waals surface area contributed by atoms with E-state index in [1.807, 2.05) is 24.3 Å². The van der Waals surface area contributed by atoms with E-state index in [1.54, 1.807) is 0 Å². The summed E-state index contributed by atoms with van der Waals surface area (Å²) in [4.78, 5) is 2.34. The molecule has 1 unspecified atom stereocenters. The minimum Gasteiger partial charge on any atom is -0.359 e. The predicted molar refractivity (Wildman–Crippen MR) is 62.0 cm³/mol. The van der Waals surface area contributed by atoms with Gasteiger partial charge in [0.2, 0.25) is 0 Å². The summed E-state index contributed by atoms with van der Waals surface area (Å²) < 4.78 is 5.79. The van der Waals surface area contributed by atoms with Gasteiger partial charge in [-0.2, -0.15) is 0 Å². The summed E-state index contributed by atoms with van der Waals surface area (Å²) in [6.07, 6.45) is 1.23. The van der Waals surface area contributed by atoms with Crippen molar-refractivity contribution in [3.8, 4) is 0 Å². The van der Waals surface area contributed by atoms with Crippen LogP contribution in [0.1, 0.15) is 25.1 Å². The van der Waals surface area contributed by atoms with E-state index in [2.05, 4.69) is 11.8 Å². The molecule has 1 aromatic carbocycles. The van der Waals surface area contributed by atoms with Crippen molar-refractivity contribution in [2.75, 3.05) is 19.7 Å². The lowest BCUT2D eigenvalue weighted by Gasteiger charge is -2.35. The van der Waals surface area contributed by atoms with Crippen molar-refractivity contribution in [3.05, 3.63) is 34.9 Å². The standard InChI is InChI=1S/C12H16ClNO/c1-2-14-8-3-9-15-12(14)10-4-6-11(13)7-5-10/h4-7,12H,2-3,8-9H2,1H3. The molecule has 1 saturated heterocycles. The summed E-state index contributed by atoms with van der Waals surface area (Å²) in [5.41, 5.74) is 1.20. The van der Waals surface area contributed by atoms with Crippen molar-refractivity contribution in [2.24, 2.45) is 0 Å². The summed E-state index contributed by atoms with van der Waals surface area (Å²) in [5.74, 6) is 0. The minimum atomic E-state index is 0.112. The highest BCUT2D eigenvalue weighted by atomic mass is 35.5. The quantitative estimate of drug-likeness (QED) is 0.767. The molecule has 1 atom stereocenters. The number of hydrogen-bond donors (Lipinski definition) is 0. The Bertz CT molecular complexity index is 312. The van der Waals surface area contributed by atoms with Gasteiger partial charge in [-0.3, -0.25) is 4.90 Å². The van der Waals surface area contributed by atoms with Gasteiger partial charge in [0.25, 0.3) is 0 Å². The SMILES string of the molecule is CCN1CCCOC1c1ccc(Cl)cc1.